The van der Waals surface area contributed by atoms with Gasteiger partial charge in [0.1, 0.15) is 0 Å². The number of hydrogen-bond donors (Lipinski definition) is 2. The quantitative estimate of drug-likeness (QED) is 0.775. The van der Waals surface area contributed by atoms with Crippen LogP contribution in [0.3, 0.4) is 0 Å². The zero-order valence-electron chi connectivity index (χ0n) is 10.6. The fourth-order valence-corrected chi connectivity index (χ4v) is 2.28. The van der Waals surface area contributed by atoms with E-state index in [9.17, 15) is 4.79 Å². The zero-order chi connectivity index (χ0) is 13.9. The van der Waals surface area contributed by atoms with E-state index in [4.69, 9.17) is 11.6 Å². The van der Waals surface area contributed by atoms with Gasteiger partial charge in [-0.2, -0.15) is 0 Å². The van der Waals surface area contributed by atoms with E-state index in [1.54, 1.807) is 24.5 Å². The Morgan fingerprint density at radius 1 is 1.25 bits per heavy atom. The maximum atomic E-state index is 12.0. The third kappa shape index (κ3) is 2.65. The molecule has 0 aliphatic heterocycles. The van der Waals surface area contributed by atoms with E-state index in [1.807, 2.05) is 24.4 Å². The first-order valence-electron chi connectivity index (χ1n) is 6.18. The molecule has 2 N–H and O–H groups in total. The van der Waals surface area contributed by atoms with Gasteiger partial charge >= 0.3 is 0 Å². The molecule has 1 amide bonds. The number of carbonyl (C=O) groups is 1. The van der Waals surface area contributed by atoms with E-state index >= 15 is 0 Å². The zero-order valence-corrected chi connectivity index (χ0v) is 11.3. The van der Waals surface area contributed by atoms with Crippen molar-refractivity contribution in [2.45, 2.75) is 6.42 Å². The number of aromatic amines is 1. The van der Waals surface area contributed by atoms with Gasteiger partial charge in [0, 0.05) is 40.2 Å². The molecule has 0 aliphatic rings. The van der Waals surface area contributed by atoms with Crippen molar-refractivity contribution in [3.8, 4) is 0 Å². The molecule has 0 fully saturated rings. The number of H-pyrrole nitrogens is 1. The van der Waals surface area contributed by atoms with E-state index in [2.05, 4.69) is 15.3 Å². The molecule has 3 rings (SSSR count). The predicted octanol–water partition coefficient (Wildman–Crippen LogP) is 3.40. The predicted molar refractivity (Wildman–Crippen MR) is 79.9 cm³/mol. The van der Waals surface area contributed by atoms with Crippen LogP contribution in [0.4, 0.5) is 5.69 Å². The summed E-state index contributed by atoms with van der Waals surface area (Å²) in [6, 6.07) is 9.10. The number of rotatable bonds is 3. The van der Waals surface area contributed by atoms with Gasteiger partial charge in [-0.15, -0.1) is 0 Å². The molecule has 3 aromatic rings. The highest BCUT2D eigenvalue weighted by Gasteiger charge is 2.09. The molecule has 0 saturated heterocycles. The van der Waals surface area contributed by atoms with Crippen molar-refractivity contribution in [1.82, 2.24) is 9.97 Å². The Morgan fingerprint density at radius 3 is 2.85 bits per heavy atom. The lowest BCUT2D eigenvalue weighted by Gasteiger charge is -2.04. The Morgan fingerprint density at radius 2 is 2.05 bits per heavy atom. The van der Waals surface area contributed by atoms with Crippen LogP contribution in [0.15, 0.2) is 48.9 Å². The summed E-state index contributed by atoms with van der Waals surface area (Å²) >= 11 is 5.99. The number of nitrogens with zero attached hydrogens (tertiary/aromatic N) is 1. The first-order valence-corrected chi connectivity index (χ1v) is 6.55. The van der Waals surface area contributed by atoms with Crippen molar-refractivity contribution in [1.29, 1.82) is 0 Å². The summed E-state index contributed by atoms with van der Waals surface area (Å²) in [6.07, 6.45) is 5.41. The average Bonchev–Trinajstić information content (AvgIpc) is 2.82. The minimum Gasteiger partial charge on any atom is -0.361 e. The lowest BCUT2D eigenvalue weighted by atomic mass is 10.1. The van der Waals surface area contributed by atoms with E-state index in [0.29, 0.717) is 11.4 Å². The molecule has 0 unspecified atom stereocenters. The molecular formula is C15H12ClN3O. The van der Waals surface area contributed by atoms with Gasteiger partial charge in [0.05, 0.1) is 6.42 Å². The van der Waals surface area contributed by atoms with Crippen molar-refractivity contribution in [2.75, 3.05) is 5.32 Å². The van der Waals surface area contributed by atoms with Crippen LogP contribution in [0, 0.1) is 0 Å². The molecule has 0 atom stereocenters. The highest BCUT2D eigenvalue weighted by atomic mass is 35.5. The van der Waals surface area contributed by atoms with E-state index < -0.39 is 0 Å². The number of nitrogens with one attached hydrogen (secondary N) is 2. The van der Waals surface area contributed by atoms with Crippen molar-refractivity contribution in [3.05, 3.63) is 59.5 Å². The number of halogens is 1. The van der Waals surface area contributed by atoms with Crippen molar-refractivity contribution >= 4 is 34.1 Å². The van der Waals surface area contributed by atoms with Crippen LogP contribution in [0.5, 0.6) is 0 Å². The number of aromatic nitrogens is 2. The number of hydrogen-bond acceptors (Lipinski definition) is 2. The van der Waals surface area contributed by atoms with Gasteiger partial charge in [0.2, 0.25) is 5.91 Å². The van der Waals surface area contributed by atoms with Crippen molar-refractivity contribution in [2.24, 2.45) is 0 Å². The lowest BCUT2D eigenvalue weighted by Crippen LogP contribution is -2.14. The second kappa shape index (κ2) is 5.35. The maximum Gasteiger partial charge on any atom is 0.228 e. The molecule has 20 heavy (non-hydrogen) atoms. The topological polar surface area (TPSA) is 57.8 Å². The first-order chi connectivity index (χ1) is 9.72. The Labute approximate surface area is 120 Å². The monoisotopic (exact) mass is 285 g/mol. The number of fused-ring (bicyclic) bond motifs is 1. The van der Waals surface area contributed by atoms with Crippen LogP contribution in [0.1, 0.15) is 5.56 Å². The summed E-state index contributed by atoms with van der Waals surface area (Å²) in [6.45, 7) is 0. The SMILES string of the molecule is O=C(Cc1c[nH]c2ccc(Cl)cc12)Nc1ccncc1. The third-order valence-electron chi connectivity index (χ3n) is 3.04. The summed E-state index contributed by atoms with van der Waals surface area (Å²) in [5, 5.41) is 4.47. The minimum atomic E-state index is -0.0722. The van der Waals surface area contributed by atoms with Crippen molar-refractivity contribution in [3.63, 3.8) is 0 Å². The van der Waals surface area contributed by atoms with E-state index in [0.717, 1.165) is 22.2 Å². The maximum absolute atomic E-state index is 12.0. The summed E-state index contributed by atoms with van der Waals surface area (Å²) in [7, 11) is 0. The largest absolute Gasteiger partial charge is 0.361 e. The third-order valence-corrected chi connectivity index (χ3v) is 3.28. The molecule has 2 aromatic heterocycles. The van der Waals surface area contributed by atoms with Crippen LogP contribution in [-0.2, 0) is 11.2 Å². The second-order valence-electron chi connectivity index (χ2n) is 4.46. The molecule has 2 heterocycles. The highest BCUT2D eigenvalue weighted by molar-refractivity contribution is 6.31. The smallest absolute Gasteiger partial charge is 0.228 e. The molecule has 1 aromatic carbocycles. The number of pyridine rings is 1. The fourth-order valence-electron chi connectivity index (χ4n) is 2.11. The fraction of sp³-hybridized carbons (Fsp3) is 0.0667. The molecule has 0 bridgehead atoms. The molecule has 0 radical (unpaired) electrons. The Balaban J connectivity index is 1.79. The average molecular weight is 286 g/mol. The molecule has 100 valence electrons. The Kier molecular flexibility index (Phi) is 3.39. The van der Waals surface area contributed by atoms with Crippen LogP contribution in [-0.4, -0.2) is 15.9 Å². The molecular weight excluding hydrogens is 274 g/mol. The molecule has 5 heteroatoms. The van der Waals surface area contributed by atoms with Gasteiger partial charge in [-0.05, 0) is 35.9 Å². The van der Waals surface area contributed by atoms with Gasteiger partial charge in [-0.1, -0.05) is 11.6 Å². The second-order valence-corrected chi connectivity index (χ2v) is 4.90. The van der Waals surface area contributed by atoms with Gasteiger partial charge in [-0.3, -0.25) is 9.78 Å². The molecule has 0 aliphatic carbocycles. The van der Waals surface area contributed by atoms with Crippen LogP contribution in [0.25, 0.3) is 10.9 Å². The summed E-state index contributed by atoms with van der Waals surface area (Å²) in [4.78, 5) is 19.1. The van der Waals surface area contributed by atoms with E-state index in [-0.39, 0.29) is 5.91 Å². The standard InChI is InChI=1S/C15H12ClN3O/c16-11-1-2-14-13(8-11)10(9-18-14)7-15(20)19-12-3-5-17-6-4-12/h1-6,8-9,18H,7H2,(H,17,19,20). The van der Waals surface area contributed by atoms with Gasteiger partial charge in [0.15, 0.2) is 0 Å². The number of benzene rings is 1. The Hall–Kier alpha value is -2.33. The van der Waals surface area contributed by atoms with Crippen LogP contribution >= 0.6 is 11.6 Å². The summed E-state index contributed by atoms with van der Waals surface area (Å²) in [5.41, 5.74) is 2.64. The van der Waals surface area contributed by atoms with Gasteiger partial charge in [-0.25, -0.2) is 0 Å². The van der Waals surface area contributed by atoms with Crippen molar-refractivity contribution < 1.29 is 4.79 Å². The van der Waals surface area contributed by atoms with Crippen LogP contribution < -0.4 is 5.32 Å². The van der Waals surface area contributed by atoms with Gasteiger partial charge < -0.3 is 10.3 Å². The molecule has 4 nitrogen and oxygen atoms in total. The molecule has 0 saturated carbocycles. The number of amides is 1. The summed E-state index contributed by atoms with van der Waals surface area (Å²) in [5.74, 6) is -0.0722. The molecule has 0 spiro atoms. The Bertz CT molecular complexity index is 752. The minimum absolute atomic E-state index is 0.0722. The first kappa shape index (κ1) is 12.7. The highest BCUT2D eigenvalue weighted by Crippen LogP contribution is 2.23. The lowest BCUT2D eigenvalue weighted by molar-refractivity contribution is -0.115. The number of anilines is 1. The van der Waals surface area contributed by atoms with E-state index in [1.165, 1.54) is 0 Å². The van der Waals surface area contributed by atoms with Gasteiger partial charge in [0.25, 0.3) is 0 Å². The number of carbonyl (C=O) groups excluding carboxylic acids is 1. The summed E-state index contributed by atoms with van der Waals surface area (Å²) < 4.78 is 0. The van der Waals surface area contributed by atoms with Crippen LogP contribution in [0.2, 0.25) is 5.02 Å². The normalized spacial score (nSPS) is 10.7.